The van der Waals surface area contributed by atoms with Crippen molar-refractivity contribution in [1.29, 1.82) is 0 Å². The number of rotatable bonds is 4. The van der Waals surface area contributed by atoms with Crippen LogP contribution in [-0.2, 0) is 23.2 Å². The number of likely N-dealkylation sites (tertiary alicyclic amines) is 2. The number of aromatic amines is 1. The molecule has 2 saturated heterocycles. The van der Waals surface area contributed by atoms with Crippen molar-refractivity contribution in [3.05, 3.63) is 39.1 Å². The highest BCUT2D eigenvalue weighted by atomic mass is 32.1. The van der Waals surface area contributed by atoms with Gasteiger partial charge in [-0.2, -0.15) is 0 Å². The molecule has 0 saturated carbocycles. The lowest BCUT2D eigenvalue weighted by molar-refractivity contribution is -0.100. The molecule has 1 amide bonds. The molecule has 31 heavy (non-hydrogen) atoms. The van der Waals surface area contributed by atoms with Crippen LogP contribution in [0.2, 0.25) is 0 Å². The summed E-state index contributed by atoms with van der Waals surface area (Å²) in [5, 5.41) is 0. The van der Waals surface area contributed by atoms with Crippen molar-refractivity contribution in [2.75, 3.05) is 39.3 Å². The van der Waals surface area contributed by atoms with Crippen LogP contribution in [0.5, 0.6) is 0 Å². The van der Waals surface area contributed by atoms with Gasteiger partial charge in [-0.1, -0.05) is 20.8 Å². The third-order valence-corrected chi connectivity index (χ3v) is 8.08. The van der Waals surface area contributed by atoms with Crippen LogP contribution >= 0.6 is 11.3 Å². The number of H-pyrrole nitrogens is 1. The maximum Gasteiger partial charge on any atom is 0.289 e. The third kappa shape index (κ3) is 4.45. The number of carbonyl (C=O) groups excluding carboxylic acids is 1. The Kier molecular flexibility index (Phi) is 6.84. The Hall–Kier alpha value is -1.70. The number of nitrogens with one attached hydrogen (secondary N) is 1. The van der Waals surface area contributed by atoms with Gasteiger partial charge in [0.1, 0.15) is 0 Å². The summed E-state index contributed by atoms with van der Waals surface area (Å²) in [5.74, 6) is 1.06. The minimum absolute atomic E-state index is 0.0271. The molecule has 1 spiro atoms. The molecule has 5 heterocycles. The van der Waals surface area contributed by atoms with Crippen molar-refractivity contribution in [3.8, 4) is 0 Å². The van der Waals surface area contributed by atoms with Crippen molar-refractivity contribution >= 4 is 17.2 Å². The van der Waals surface area contributed by atoms with E-state index in [-0.39, 0.29) is 11.5 Å². The monoisotopic (exact) mass is 444 g/mol. The van der Waals surface area contributed by atoms with Crippen LogP contribution in [0.1, 0.15) is 65.2 Å². The second-order valence-corrected chi connectivity index (χ2v) is 10.0. The fraction of sp³-hybridized carbons (Fsp3) is 0.667. The highest BCUT2D eigenvalue weighted by Crippen LogP contribution is 2.44. The highest BCUT2D eigenvalue weighted by molar-refractivity contribution is 7.12. The van der Waals surface area contributed by atoms with Gasteiger partial charge in [0, 0.05) is 66.7 Å². The van der Waals surface area contributed by atoms with E-state index in [0.29, 0.717) is 11.7 Å². The van der Waals surface area contributed by atoms with Gasteiger partial charge in [-0.05, 0) is 37.8 Å². The maximum atomic E-state index is 12.4. The average molecular weight is 445 g/mol. The van der Waals surface area contributed by atoms with Crippen molar-refractivity contribution < 1.29 is 9.53 Å². The zero-order chi connectivity index (χ0) is 22.0. The molecular weight excluding hydrogens is 408 g/mol. The van der Waals surface area contributed by atoms with Gasteiger partial charge in [0.2, 0.25) is 0 Å². The summed E-state index contributed by atoms with van der Waals surface area (Å²) in [6.45, 7) is 13.9. The van der Waals surface area contributed by atoms with E-state index >= 15 is 0 Å². The fourth-order valence-corrected chi connectivity index (χ4v) is 6.22. The molecule has 1 N–H and O–H groups in total. The van der Waals surface area contributed by atoms with E-state index in [1.54, 1.807) is 11.1 Å². The first-order valence-electron chi connectivity index (χ1n) is 11.9. The number of carbonyl (C=O) groups is 1. The number of hydrogen-bond acceptors (Lipinski definition) is 5. The number of nitrogens with zero attached hydrogens (tertiary/aromatic N) is 3. The molecule has 5 rings (SSSR count). The molecule has 2 fully saturated rings. The molecule has 0 bridgehead atoms. The van der Waals surface area contributed by atoms with E-state index in [2.05, 4.69) is 27.9 Å². The molecule has 6 nitrogen and oxygen atoms in total. The van der Waals surface area contributed by atoms with Crippen LogP contribution in [-0.4, -0.2) is 65.0 Å². The van der Waals surface area contributed by atoms with E-state index in [9.17, 15) is 4.79 Å². The van der Waals surface area contributed by atoms with Crippen LogP contribution < -0.4 is 0 Å². The summed E-state index contributed by atoms with van der Waals surface area (Å²) in [7, 11) is 0. The summed E-state index contributed by atoms with van der Waals surface area (Å²) in [6.07, 6.45) is 6.08. The molecule has 0 radical (unpaired) electrons. The van der Waals surface area contributed by atoms with E-state index in [4.69, 9.17) is 4.74 Å². The number of aryl methyl sites for hydroxylation is 2. The summed E-state index contributed by atoms with van der Waals surface area (Å²) in [5.41, 5.74) is 2.36. The largest absolute Gasteiger partial charge is 0.370 e. The second kappa shape index (κ2) is 9.43. The highest BCUT2D eigenvalue weighted by Gasteiger charge is 2.43. The molecule has 2 aromatic rings. The molecule has 0 unspecified atom stereocenters. The van der Waals surface area contributed by atoms with Crippen molar-refractivity contribution in [1.82, 2.24) is 19.8 Å². The molecule has 3 aliphatic heterocycles. The lowest BCUT2D eigenvalue weighted by Crippen LogP contribution is -2.55. The molecule has 0 aromatic carbocycles. The molecule has 0 aliphatic carbocycles. The Morgan fingerprint density at radius 2 is 2.06 bits per heavy atom. The molecular formula is C24H36N4O2S. The van der Waals surface area contributed by atoms with Crippen LogP contribution in [0.3, 0.4) is 0 Å². The predicted octanol–water partition coefficient (Wildman–Crippen LogP) is 4.00. The van der Waals surface area contributed by atoms with Gasteiger partial charge >= 0.3 is 0 Å². The van der Waals surface area contributed by atoms with Crippen molar-refractivity contribution in [2.45, 2.75) is 59.0 Å². The standard InChI is InChI=1S/C22H30N4O2S.C2H6/c1-3-17-10-18-19(29-17)4-9-28-22(18)5-7-25(8-6-22)12-16-13-26(14-16)21(27)20-23-11-15(2)24-20;1-2/h10-11,16H,3-9,12-14H2,1-2H3,(H,23,24);1-2H3. The molecule has 7 heteroatoms. The van der Waals surface area contributed by atoms with Crippen LogP contribution in [0, 0.1) is 12.8 Å². The summed E-state index contributed by atoms with van der Waals surface area (Å²) >= 11 is 1.99. The maximum absolute atomic E-state index is 12.4. The summed E-state index contributed by atoms with van der Waals surface area (Å²) < 4.78 is 6.40. The number of hydrogen-bond donors (Lipinski definition) is 1. The Morgan fingerprint density at radius 1 is 1.32 bits per heavy atom. The molecule has 2 aromatic heterocycles. The first-order valence-corrected chi connectivity index (χ1v) is 12.7. The van der Waals surface area contributed by atoms with E-state index in [1.807, 2.05) is 37.0 Å². The minimum atomic E-state index is -0.0488. The average Bonchev–Trinajstić information content (AvgIpc) is 3.40. The zero-order valence-electron chi connectivity index (χ0n) is 19.4. The SMILES string of the molecule is CC.CCc1cc2c(s1)CCOC21CCN(CC2CN(C(=O)c3ncc(C)[nH]3)C2)CC1. The second-order valence-electron chi connectivity index (χ2n) is 8.79. The van der Waals surface area contributed by atoms with Crippen molar-refractivity contribution in [2.24, 2.45) is 5.92 Å². The van der Waals surface area contributed by atoms with Gasteiger partial charge < -0.3 is 19.5 Å². The van der Waals surface area contributed by atoms with E-state index < -0.39 is 0 Å². The number of imidazole rings is 1. The summed E-state index contributed by atoms with van der Waals surface area (Å²) in [6, 6.07) is 2.42. The Morgan fingerprint density at radius 3 is 2.71 bits per heavy atom. The summed E-state index contributed by atoms with van der Waals surface area (Å²) in [4.78, 5) is 27.2. The topological polar surface area (TPSA) is 61.5 Å². The van der Waals surface area contributed by atoms with Gasteiger partial charge in [-0.25, -0.2) is 4.98 Å². The number of aromatic nitrogens is 2. The van der Waals surface area contributed by atoms with Gasteiger partial charge in [0.05, 0.1) is 12.2 Å². The number of ether oxygens (including phenoxy) is 1. The van der Waals surface area contributed by atoms with Crippen LogP contribution in [0.25, 0.3) is 0 Å². The van der Waals surface area contributed by atoms with Crippen LogP contribution in [0.15, 0.2) is 12.3 Å². The fourth-order valence-electron chi connectivity index (χ4n) is 5.04. The number of amides is 1. The van der Waals surface area contributed by atoms with Gasteiger partial charge in [0.25, 0.3) is 5.91 Å². The Balaban J connectivity index is 0.00000112. The van der Waals surface area contributed by atoms with Gasteiger partial charge in [-0.3, -0.25) is 4.79 Å². The number of fused-ring (bicyclic) bond motifs is 2. The third-order valence-electron chi connectivity index (χ3n) is 6.74. The van der Waals surface area contributed by atoms with Crippen LogP contribution in [0.4, 0.5) is 0 Å². The number of piperidine rings is 1. The minimum Gasteiger partial charge on any atom is -0.370 e. The smallest absolute Gasteiger partial charge is 0.289 e. The first kappa shape index (κ1) is 22.5. The Labute approximate surface area is 190 Å². The van der Waals surface area contributed by atoms with Gasteiger partial charge in [-0.15, -0.1) is 11.3 Å². The number of thiophene rings is 1. The lowest BCUT2D eigenvalue weighted by atomic mass is 9.82. The Bertz CT molecular complexity index is 891. The molecule has 0 atom stereocenters. The normalized spacial score (nSPS) is 20.7. The lowest BCUT2D eigenvalue weighted by Gasteiger charge is -2.46. The zero-order valence-corrected chi connectivity index (χ0v) is 20.2. The van der Waals surface area contributed by atoms with Gasteiger partial charge in [0.15, 0.2) is 5.82 Å². The van der Waals surface area contributed by atoms with Crippen molar-refractivity contribution in [3.63, 3.8) is 0 Å². The molecule has 3 aliphatic rings. The van der Waals surface area contributed by atoms with E-state index in [1.165, 1.54) is 10.4 Å². The quantitative estimate of drug-likeness (QED) is 0.774. The predicted molar refractivity (Wildman–Crippen MR) is 125 cm³/mol. The molecule has 170 valence electrons. The van der Waals surface area contributed by atoms with E-state index in [0.717, 1.165) is 70.7 Å². The first-order chi connectivity index (χ1) is 15.1.